The van der Waals surface area contributed by atoms with Crippen LogP contribution in [0.1, 0.15) is 11.3 Å². The highest BCUT2D eigenvalue weighted by molar-refractivity contribution is 5.82. The summed E-state index contributed by atoms with van der Waals surface area (Å²) in [6, 6.07) is 12.5. The van der Waals surface area contributed by atoms with Gasteiger partial charge < -0.3 is 24.3 Å². The average molecular weight is 385 g/mol. The average Bonchev–Trinajstić information content (AvgIpc) is 2.65. The maximum absolute atomic E-state index is 12.1. The number of alkyl carbamates (subject to hydrolysis) is 1. The van der Waals surface area contributed by atoms with Crippen LogP contribution >= 0.6 is 0 Å². The number of aromatic nitrogens is 1. The Morgan fingerprint density at radius 1 is 1.18 bits per heavy atom. The first-order valence-corrected chi connectivity index (χ1v) is 8.99. The van der Waals surface area contributed by atoms with Crippen LogP contribution < -0.4 is 15.6 Å². The molecule has 0 atom stereocenters. The lowest BCUT2D eigenvalue weighted by molar-refractivity contribution is -0.138. The second kappa shape index (κ2) is 8.60. The summed E-state index contributed by atoms with van der Waals surface area (Å²) in [5.41, 5.74) is 1.53. The standard InChI is InChI=1S/C20H23N3O5/c1-14-8-16(9-18(24)22(14)2)28-17-11-23(12-17)19(25)10-21-20(26)27-13-15-6-4-3-5-7-15/h3-9,17H,10-13H2,1-2H3,(H,21,26). The van der Waals surface area contributed by atoms with E-state index in [0.29, 0.717) is 18.8 Å². The van der Waals surface area contributed by atoms with Crippen molar-refractivity contribution in [2.45, 2.75) is 19.6 Å². The predicted molar refractivity (Wildman–Crippen MR) is 102 cm³/mol. The minimum Gasteiger partial charge on any atom is -0.486 e. The number of aryl methyl sites for hydroxylation is 1. The lowest BCUT2D eigenvalue weighted by atomic mass is 10.1. The van der Waals surface area contributed by atoms with E-state index in [-0.39, 0.29) is 30.7 Å². The third-order valence-corrected chi connectivity index (χ3v) is 4.58. The Kier molecular flexibility index (Phi) is 5.98. The molecule has 1 aliphatic heterocycles. The third-order valence-electron chi connectivity index (χ3n) is 4.58. The van der Waals surface area contributed by atoms with Crippen LogP contribution in [0, 0.1) is 6.92 Å². The van der Waals surface area contributed by atoms with Gasteiger partial charge in [0.2, 0.25) is 5.91 Å². The molecule has 28 heavy (non-hydrogen) atoms. The predicted octanol–water partition coefficient (Wildman–Crippen LogP) is 1.21. The fraction of sp³-hybridized carbons (Fsp3) is 0.350. The Hall–Kier alpha value is -3.29. The van der Waals surface area contributed by atoms with E-state index in [9.17, 15) is 14.4 Å². The second-order valence-corrected chi connectivity index (χ2v) is 6.68. The maximum atomic E-state index is 12.1. The van der Waals surface area contributed by atoms with Gasteiger partial charge in [-0.2, -0.15) is 0 Å². The van der Waals surface area contributed by atoms with Crippen molar-refractivity contribution in [2.75, 3.05) is 19.6 Å². The summed E-state index contributed by atoms with van der Waals surface area (Å²) in [7, 11) is 1.70. The van der Waals surface area contributed by atoms with Crippen molar-refractivity contribution in [1.29, 1.82) is 0 Å². The van der Waals surface area contributed by atoms with Crippen LogP contribution in [0.4, 0.5) is 4.79 Å². The number of rotatable bonds is 6. The van der Waals surface area contributed by atoms with E-state index in [1.54, 1.807) is 18.0 Å². The minimum atomic E-state index is -0.638. The molecule has 1 aromatic carbocycles. The lowest BCUT2D eigenvalue weighted by Gasteiger charge is -2.39. The number of likely N-dealkylation sites (tertiary alicyclic amines) is 1. The number of nitrogens with one attached hydrogen (secondary N) is 1. The fourth-order valence-electron chi connectivity index (χ4n) is 2.75. The molecule has 0 unspecified atom stereocenters. The van der Waals surface area contributed by atoms with Crippen molar-refractivity contribution in [2.24, 2.45) is 7.05 Å². The van der Waals surface area contributed by atoms with Gasteiger partial charge in [0, 0.05) is 18.8 Å². The van der Waals surface area contributed by atoms with Crippen molar-refractivity contribution >= 4 is 12.0 Å². The first-order valence-electron chi connectivity index (χ1n) is 8.99. The number of benzene rings is 1. The van der Waals surface area contributed by atoms with E-state index >= 15 is 0 Å². The molecule has 8 nitrogen and oxygen atoms in total. The monoisotopic (exact) mass is 385 g/mol. The molecule has 2 aromatic rings. The summed E-state index contributed by atoms with van der Waals surface area (Å²) in [6.45, 7) is 2.66. The van der Waals surface area contributed by atoms with Gasteiger partial charge in [-0.1, -0.05) is 30.3 Å². The highest BCUT2D eigenvalue weighted by atomic mass is 16.5. The van der Waals surface area contributed by atoms with Crippen LogP contribution in [0.2, 0.25) is 0 Å². The number of carbonyl (C=O) groups is 2. The van der Waals surface area contributed by atoms with Crippen LogP contribution in [-0.2, 0) is 23.2 Å². The van der Waals surface area contributed by atoms with E-state index in [1.807, 2.05) is 37.3 Å². The van der Waals surface area contributed by atoms with Crippen LogP contribution in [0.25, 0.3) is 0 Å². The van der Waals surface area contributed by atoms with Crippen LogP contribution in [-0.4, -0.2) is 47.2 Å². The van der Waals surface area contributed by atoms with Gasteiger partial charge in [-0.3, -0.25) is 9.59 Å². The zero-order chi connectivity index (χ0) is 20.1. The number of pyridine rings is 1. The van der Waals surface area contributed by atoms with Crippen LogP contribution in [0.3, 0.4) is 0 Å². The largest absolute Gasteiger partial charge is 0.486 e. The van der Waals surface area contributed by atoms with Gasteiger partial charge in [-0.05, 0) is 18.6 Å². The lowest BCUT2D eigenvalue weighted by Crippen LogP contribution is -2.58. The van der Waals surface area contributed by atoms with Crippen LogP contribution in [0.15, 0.2) is 47.3 Å². The van der Waals surface area contributed by atoms with Crippen LogP contribution in [0.5, 0.6) is 5.75 Å². The molecular weight excluding hydrogens is 362 g/mol. The van der Waals surface area contributed by atoms with Crippen molar-refractivity contribution in [3.05, 3.63) is 64.1 Å². The molecule has 2 amide bonds. The molecule has 0 aliphatic carbocycles. The topological polar surface area (TPSA) is 89.9 Å². The fourth-order valence-corrected chi connectivity index (χ4v) is 2.75. The molecule has 1 fully saturated rings. The molecular formula is C20H23N3O5. The Balaban J connectivity index is 1.37. The highest BCUT2D eigenvalue weighted by Crippen LogP contribution is 2.17. The van der Waals surface area contributed by atoms with Gasteiger partial charge in [0.25, 0.3) is 5.56 Å². The Bertz CT molecular complexity index is 904. The van der Waals surface area contributed by atoms with E-state index in [0.717, 1.165) is 11.3 Å². The minimum absolute atomic E-state index is 0.134. The molecule has 0 bridgehead atoms. The second-order valence-electron chi connectivity index (χ2n) is 6.68. The summed E-state index contributed by atoms with van der Waals surface area (Å²) >= 11 is 0. The quantitative estimate of drug-likeness (QED) is 0.807. The molecule has 3 rings (SSSR count). The molecule has 1 saturated heterocycles. The maximum Gasteiger partial charge on any atom is 0.407 e. The van der Waals surface area contributed by atoms with E-state index < -0.39 is 6.09 Å². The summed E-state index contributed by atoms with van der Waals surface area (Å²) in [4.78, 5) is 37.1. The zero-order valence-corrected chi connectivity index (χ0v) is 15.9. The SMILES string of the molecule is Cc1cc(OC2CN(C(=O)CNC(=O)OCc3ccccc3)C2)cc(=O)n1C. The zero-order valence-electron chi connectivity index (χ0n) is 15.9. The first kappa shape index (κ1) is 19.5. The molecule has 0 spiro atoms. The highest BCUT2D eigenvalue weighted by Gasteiger charge is 2.32. The molecule has 148 valence electrons. The number of amides is 2. The van der Waals surface area contributed by atoms with Crippen molar-refractivity contribution in [1.82, 2.24) is 14.8 Å². The number of ether oxygens (including phenoxy) is 2. The van der Waals surface area contributed by atoms with Gasteiger partial charge in [0.05, 0.1) is 13.1 Å². The van der Waals surface area contributed by atoms with Gasteiger partial charge in [0.1, 0.15) is 25.0 Å². The molecule has 1 aliphatic rings. The van der Waals surface area contributed by atoms with E-state index in [1.165, 1.54) is 10.6 Å². The van der Waals surface area contributed by atoms with E-state index in [4.69, 9.17) is 9.47 Å². The molecule has 2 heterocycles. The molecule has 0 saturated carbocycles. The van der Waals surface area contributed by atoms with Gasteiger partial charge in [0.15, 0.2) is 0 Å². The number of carbonyl (C=O) groups excluding carboxylic acids is 2. The number of nitrogens with zero attached hydrogens (tertiary/aromatic N) is 2. The normalized spacial score (nSPS) is 13.6. The van der Waals surface area contributed by atoms with Gasteiger partial charge >= 0.3 is 6.09 Å². The summed E-state index contributed by atoms with van der Waals surface area (Å²) in [5, 5.41) is 2.45. The number of hydrogen-bond donors (Lipinski definition) is 1. The Labute approximate surface area is 162 Å². The van der Waals surface area contributed by atoms with Crippen molar-refractivity contribution < 1.29 is 19.1 Å². The molecule has 1 N–H and O–H groups in total. The summed E-state index contributed by atoms with van der Waals surface area (Å²) in [6.07, 6.45) is -0.804. The Morgan fingerprint density at radius 2 is 1.89 bits per heavy atom. The number of hydrogen-bond acceptors (Lipinski definition) is 5. The molecule has 1 aromatic heterocycles. The molecule has 0 radical (unpaired) electrons. The van der Waals surface area contributed by atoms with Gasteiger partial charge in [-0.15, -0.1) is 0 Å². The Morgan fingerprint density at radius 3 is 2.57 bits per heavy atom. The summed E-state index contributed by atoms with van der Waals surface area (Å²) in [5.74, 6) is 0.289. The molecule has 8 heteroatoms. The van der Waals surface area contributed by atoms with Crippen molar-refractivity contribution in [3.63, 3.8) is 0 Å². The third kappa shape index (κ3) is 4.91. The smallest absolute Gasteiger partial charge is 0.407 e. The van der Waals surface area contributed by atoms with Crippen molar-refractivity contribution in [3.8, 4) is 5.75 Å². The van der Waals surface area contributed by atoms with Gasteiger partial charge in [-0.25, -0.2) is 4.79 Å². The summed E-state index contributed by atoms with van der Waals surface area (Å²) < 4.78 is 12.3. The van der Waals surface area contributed by atoms with E-state index in [2.05, 4.69) is 5.32 Å². The first-order chi connectivity index (χ1) is 13.4.